The van der Waals surface area contributed by atoms with E-state index in [1.165, 1.54) is 31.5 Å². The van der Waals surface area contributed by atoms with E-state index in [1.807, 2.05) is 0 Å². The number of rotatable bonds is 3. The highest BCUT2D eigenvalue weighted by Crippen LogP contribution is 2.19. The van der Waals surface area contributed by atoms with Crippen LogP contribution in [0, 0.1) is 10.1 Å². The Hall–Kier alpha value is -1.74. The predicted molar refractivity (Wildman–Crippen MR) is 66.8 cm³/mol. The molecule has 0 aliphatic carbocycles. The molecule has 0 fully saturated rings. The summed E-state index contributed by atoms with van der Waals surface area (Å²) in [6, 6.07) is 0. The fourth-order valence-electron chi connectivity index (χ4n) is 1.16. The fourth-order valence-corrected chi connectivity index (χ4v) is 2.13. The van der Waals surface area contributed by atoms with Crippen LogP contribution < -0.4 is 5.32 Å². The first kappa shape index (κ1) is 14.3. The molecule has 0 aliphatic heterocycles. The number of carbonyl (C=O) groups is 1. The normalized spacial score (nSPS) is 11.2. The molecule has 0 unspecified atom stereocenters. The largest absolute Gasteiger partial charge is 0.354 e. The summed E-state index contributed by atoms with van der Waals surface area (Å²) in [4.78, 5) is 27.5. The molecular formula is C8H10ClN5O3S. The van der Waals surface area contributed by atoms with Crippen LogP contribution in [0.2, 0.25) is 4.47 Å². The first-order chi connectivity index (χ1) is 8.43. The Kier molecular flexibility index (Phi) is 4.98. The number of aromatic nitrogens is 1. The molecule has 1 amide bonds. The number of nitro groups is 1. The lowest BCUT2D eigenvalue weighted by Gasteiger charge is -2.18. The Morgan fingerprint density at radius 2 is 2.44 bits per heavy atom. The molecule has 8 nitrogen and oxygen atoms in total. The number of amides is 1. The maximum Gasteiger partial charge on any atom is 0.278 e. The second-order valence-electron chi connectivity index (χ2n) is 3.10. The second kappa shape index (κ2) is 6.26. The van der Waals surface area contributed by atoms with Crippen LogP contribution >= 0.6 is 22.9 Å². The van der Waals surface area contributed by atoms with Crippen molar-refractivity contribution >= 4 is 34.8 Å². The van der Waals surface area contributed by atoms with Gasteiger partial charge in [0, 0.05) is 25.0 Å². The molecule has 0 bridgehead atoms. The zero-order valence-electron chi connectivity index (χ0n) is 9.58. The van der Waals surface area contributed by atoms with E-state index in [4.69, 9.17) is 11.6 Å². The summed E-state index contributed by atoms with van der Waals surface area (Å²) in [6.45, 7) is 1.41. The van der Waals surface area contributed by atoms with Crippen molar-refractivity contribution in [1.29, 1.82) is 0 Å². The monoisotopic (exact) mass is 291 g/mol. The highest BCUT2D eigenvalue weighted by atomic mass is 35.5. The zero-order chi connectivity index (χ0) is 13.7. The van der Waals surface area contributed by atoms with Crippen molar-refractivity contribution in [3.05, 3.63) is 25.7 Å². The van der Waals surface area contributed by atoms with Crippen molar-refractivity contribution in [2.45, 2.75) is 13.5 Å². The number of hydrogen-bond acceptors (Lipinski definition) is 5. The van der Waals surface area contributed by atoms with Crippen LogP contribution in [0.4, 0.5) is 0 Å². The molecule has 1 N–H and O–H groups in total. The summed E-state index contributed by atoms with van der Waals surface area (Å²) in [5, 5.41) is 15.1. The number of hydrogen-bond donors (Lipinski definition) is 1. The number of hydrazone groups is 1. The van der Waals surface area contributed by atoms with Crippen molar-refractivity contribution < 1.29 is 9.83 Å². The van der Waals surface area contributed by atoms with Gasteiger partial charge in [-0.15, -0.1) is 11.3 Å². The van der Waals surface area contributed by atoms with Gasteiger partial charge in [-0.25, -0.2) is 15.1 Å². The summed E-state index contributed by atoms with van der Waals surface area (Å²) in [6.07, 6.45) is 1.50. The van der Waals surface area contributed by atoms with Gasteiger partial charge in [-0.2, -0.15) is 0 Å². The summed E-state index contributed by atoms with van der Waals surface area (Å²) in [5.41, 5.74) is 0. The number of carbonyl (C=O) groups excluding carboxylic acids is 1. The van der Waals surface area contributed by atoms with Gasteiger partial charge in [0.25, 0.3) is 5.96 Å². The number of guanidine groups is 1. The summed E-state index contributed by atoms with van der Waals surface area (Å²) in [5.74, 6) is -0.522. The van der Waals surface area contributed by atoms with Crippen LogP contribution in [0.3, 0.4) is 0 Å². The quantitative estimate of drug-likeness (QED) is 0.386. The van der Waals surface area contributed by atoms with Crippen molar-refractivity contribution in [2.24, 2.45) is 5.10 Å². The summed E-state index contributed by atoms with van der Waals surface area (Å²) < 4.78 is 0.339. The topological polar surface area (TPSA) is 101 Å². The first-order valence-corrected chi connectivity index (χ1v) is 5.92. The van der Waals surface area contributed by atoms with Crippen molar-refractivity contribution in [3.63, 3.8) is 0 Å². The van der Waals surface area contributed by atoms with E-state index in [1.54, 1.807) is 0 Å². The van der Waals surface area contributed by atoms with E-state index in [2.05, 4.69) is 15.4 Å². The molecule has 1 heterocycles. The zero-order valence-corrected chi connectivity index (χ0v) is 11.2. The highest BCUT2D eigenvalue weighted by Gasteiger charge is 2.19. The Bertz CT molecular complexity index is 489. The minimum absolute atomic E-state index is 0.118. The molecule has 0 aliphatic rings. The van der Waals surface area contributed by atoms with E-state index < -0.39 is 5.03 Å². The average Bonchev–Trinajstić information content (AvgIpc) is 2.68. The third-order valence-corrected chi connectivity index (χ3v) is 2.97. The standard InChI is InChI=1S/C8H10ClN5O3S/c1-5(15)13(8(10-2)12-14(16)17)4-6-3-11-7(9)18-6/h3H,4H2,1-2H3,(H,10,12). The highest BCUT2D eigenvalue weighted by molar-refractivity contribution is 7.15. The minimum atomic E-state index is -0.874. The first-order valence-electron chi connectivity index (χ1n) is 4.73. The molecule has 0 radical (unpaired) electrons. The Morgan fingerprint density at radius 1 is 1.78 bits per heavy atom. The molecule has 0 saturated heterocycles. The molecule has 0 spiro atoms. The third-order valence-electron chi connectivity index (χ3n) is 1.88. The van der Waals surface area contributed by atoms with Crippen LogP contribution in [0.15, 0.2) is 11.3 Å². The van der Waals surface area contributed by atoms with E-state index in [0.717, 1.165) is 4.90 Å². The van der Waals surface area contributed by atoms with Crippen molar-refractivity contribution in [1.82, 2.24) is 15.2 Å². The average molecular weight is 292 g/mol. The molecule has 1 rings (SSSR count). The number of nitrogens with one attached hydrogen (secondary N) is 1. The van der Waals surface area contributed by atoms with Crippen LogP contribution in [0.5, 0.6) is 0 Å². The van der Waals surface area contributed by atoms with Gasteiger partial charge in [-0.1, -0.05) is 11.6 Å². The Morgan fingerprint density at radius 3 is 2.83 bits per heavy atom. The molecule has 0 aromatic carbocycles. The van der Waals surface area contributed by atoms with Crippen molar-refractivity contribution in [3.8, 4) is 0 Å². The van der Waals surface area contributed by atoms with E-state index in [9.17, 15) is 14.9 Å². The smallest absolute Gasteiger partial charge is 0.278 e. The third kappa shape index (κ3) is 3.93. The molecule has 10 heteroatoms. The van der Waals surface area contributed by atoms with E-state index in [-0.39, 0.29) is 18.4 Å². The molecular weight excluding hydrogens is 282 g/mol. The number of nitrogens with zero attached hydrogens (tertiary/aromatic N) is 4. The molecule has 0 saturated carbocycles. The maximum atomic E-state index is 11.5. The summed E-state index contributed by atoms with van der Waals surface area (Å²) in [7, 11) is 1.44. The maximum absolute atomic E-state index is 11.5. The van der Waals surface area contributed by atoms with Crippen LogP contribution in [0.25, 0.3) is 0 Å². The molecule has 18 heavy (non-hydrogen) atoms. The van der Waals surface area contributed by atoms with Gasteiger partial charge in [0.15, 0.2) is 9.50 Å². The van der Waals surface area contributed by atoms with Gasteiger partial charge in [0.05, 0.1) is 6.54 Å². The lowest BCUT2D eigenvalue weighted by Crippen LogP contribution is -2.42. The predicted octanol–water partition coefficient (Wildman–Crippen LogP) is 0.912. The molecule has 98 valence electrons. The minimum Gasteiger partial charge on any atom is -0.354 e. The van der Waals surface area contributed by atoms with Gasteiger partial charge >= 0.3 is 0 Å². The Labute approximate surface area is 111 Å². The lowest BCUT2D eigenvalue weighted by atomic mass is 10.4. The molecule has 1 aromatic rings. The number of thiazole rings is 1. The number of halogens is 1. The molecule has 0 atom stereocenters. The second-order valence-corrected chi connectivity index (χ2v) is 4.79. The Balaban J connectivity index is 2.95. The van der Waals surface area contributed by atoms with E-state index in [0.29, 0.717) is 9.34 Å². The van der Waals surface area contributed by atoms with Gasteiger partial charge in [0.1, 0.15) is 5.10 Å². The van der Waals surface area contributed by atoms with Gasteiger partial charge in [0.2, 0.25) is 5.91 Å². The SMILES string of the molecule is CN/C(=N\[N+](=O)[O-])N(Cc1cnc(Cl)s1)C(C)=O. The van der Waals surface area contributed by atoms with Crippen LogP contribution in [0.1, 0.15) is 11.8 Å². The van der Waals surface area contributed by atoms with E-state index >= 15 is 0 Å². The van der Waals surface area contributed by atoms with Gasteiger partial charge < -0.3 is 5.32 Å². The van der Waals surface area contributed by atoms with Crippen LogP contribution in [-0.4, -0.2) is 33.8 Å². The van der Waals surface area contributed by atoms with Gasteiger partial charge in [-0.3, -0.25) is 9.69 Å². The molecule has 1 aromatic heterocycles. The van der Waals surface area contributed by atoms with Crippen LogP contribution in [-0.2, 0) is 11.3 Å². The van der Waals surface area contributed by atoms with Crippen molar-refractivity contribution in [2.75, 3.05) is 7.05 Å². The van der Waals surface area contributed by atoms with Gasteiger partial charge in [-0.05, 0) is 0 Å². The lowest BCUT2D eigenvalue weighted by molar-refractivity contribution is -0.485. The fraction of sp³-hybridized carbons (Fsp3) is 0.375. The summed E-state index contributed by atoms with van der Waals surface area (Å²) >= 11 is 6.86.